The third kappa shape index (κ3) is 1.23. The van der Waals surface area contributed by atoms with E-state index in [-0.39, 0.29) is 5.97 Å². The predicted molar refractivity (Wildman–Crippen MR) is 54.1 cm³/mol. The molecule has 1 fully saturated rings. The van der Waals surface area contributed by atoms with Crippen LogP contribution in [-0.2, 0) is 16.0 Å². The van der Waals surface area contributed by atoms with Crippen molar-refractivity contribution in [1.29, 1.82) is 0 Å². The van der Waals surface area contributed by atoms with E-state index in [2.05, 4.69) is 0 Å². The molecule has 3 rings (SSSR count). The third-order valence-electron chi connectivity index (χ3n) is 2.91. The maximum absolute atomic E-state index is 11.6. The maximum atomic E-state index is 11.6. The predicted octanol–water partition coefficient (Wildman–Crippen LogP) is 1.96. The Balaban J connectivity index is 2.01. The van der Waals surface area contributed by atoms with Gasteiger partial charge in [0.15, 0.2) is 0 Å². The van der Waals surface area contributed by atoms with Crippen LogP contribution >= 0.6 is 11.6 Å². The van der Waals surface area contributed by atoms with Crippen LogP contribution in [0, 0.1) is 0 Å². The molecule has 2 heterocycles. The van der Waals surface area contributed by atoms with Crippen LogP contribution in [0.15, 0.2) is 18.2 Å². The fraction of sp³-hybridized carbons (Fsp3) is 0.364. The molecule has 1 aromatic rings. The molecule has 2 aliphatic rings. The Morgan fingerprint density at radius 1 is 1.40 bits per heavy atom. The molecule has 0 aliphatic carbocycles. The summed E-state index contributed by atoms with van der Waals surface area (Å²) < 4.78 is 10.6. The van der Waals surface area contributed by atoms with Gasteiger partial charge in [0, 0.05) is 23.4 Å². The van der Waals surface area contributed by atoms with Crippen LogP contribution in [-0.4, -0.2) is 18.2 Å². The fourth-order valence-electron chi connectivity index (χ4n) is 2.14. The molecule has 1 spiro atoms. The molecule has 3 nitrogen and oxygen atoms in total. The summed E-state index contributed by atoms with van der Waals surface area (Å²) in [5, 5.41) is 0.667. The molecule has 78 valence electrons. The molecule has 1 aromatic carbocycles. The van der Waals surface area contributed by atoms with Gasteiger partial charge in [-0.2, -0.15) is 0 Å². The lowest BCUT2D eigenvalue weighted by molar-refractivity contribution is -0.149. The van der Waals surface area contributed by atoms with Gasteiger partial charge in [0.25, 0.3) is 0 Å². The van der Waals surface area contributed by atoms with Crippen LogP contribution in [0.25, 0.3) is 0 Å². The molecule has 1 atom stereocenters. The summed E-state index contributed by atoms with van der Waals surface area (Å²) in [6, 6.07) is 5.41. The van der Waals surface area contributed by atoms with Crippen LogP contribution in [0.1, 0.15) is 12.0 Å². The Bertz CT molecular complexity index is 443. The zero-order valence-corrected chi connectivity index (χ0v) is 8.71. The molecule has 4 heteroatoms. The van der Waals surface area contributed by atoms with E-state index in [0.29, 0.717) is 24.5 Å². The van der Waals surface area contributed by atoms with Crippen LogP contribution in [0.5, 0.6) is 5.75 Å². The highest BCUT2D eigenvalue weighted by Crippen LogP contribution is 2.41. The van der Waals surface area contributed by atoms with Crippen LogP contribution in [0.3, 0.4) is 0 Å². The van der Waals surface area contributed by atoms with Crippen molar-refractivity contribution in [2.75, 3.05) is 6.61 Å². The van der Waals surface area contributed by atoms with Gasteiger partial charge in [0.1, 0.15) is 5.75 Å². The molecule has 2 aliphatic heterocycles. The monoisotopic (exact) mass is 224 g/mol. The van der Waals surface area contributed by atoms with E-state index in [1.54, 1.807) is 12.1 Å². The van der Waals surface area contributed by atoms with Crippen molar-refractivity contribution in [3.05, 3.63) is 28.8 Å². The van der Waals surface area contributed by atoms with Gasteiger partial charge in [-0.25, -0.2) is 4.79 Å². The SMILES string of the molecule is O=C1OCCC12Cc1cc(Cl)ccc1O2. The highest BCUT2D eigenvalue weighted by molar-refractivity contribution is 6.30. The lowest BCUT2D eigenvalue weighted by atomic mass is 9.96. The normalized spacial score (nSPS) is 27.7. The van der Waals surface area contributed by atoms with Crippen LogP contribution in [0.2, 0.25) is 5.02 Å². The first-order valence-corrected chi connectivity index (χ1v) is 5.22. The summed E-state index contributed by atoms with van der Waals surface area (Å²) in [4.78, 5) is 11.6. The Hall–Kier alpha value is -1.22. The zero-order chi connectivity index (χ0) is 10.5. The molecule has 0 N–H and O–H groups in total. The van der Waals surface area contributed by atoms with Gasteiger partial charge in [0.2, 0.25) is 5.60 Å². The first kappa shape index (κ1) is 9.04. The molecule has 0 saturated carbocycles. The number of hydrogen-bond acceptors (Lipinski definition) is 3. The number of cyclic esters (lactones) is 1. The molecule has 0 amide bonds. The largest absolute Gasteiger partial charge is 0.475 e. The van der Waals surface area contributed by atoms with Crippen LogP contribution in [0.4, 0.5) is 0 Å². The van der Waals surface area contributed by atoms with E-state index in [4.69, 9.17) is 21.1 Å². The number of benzene rings is 1. The van der Waals surface area contributed by atoms with Crippen molar-refractivity contribution in [3.8, 4) is 5.75 Å². The number of carbonyl (C=O) groups excluding carboxylic acids is 1. The number of rotatable bonds is 0. The lowest BCUT2D eigenvalue weighted by Crippen LogP contribution is -2.39. The van der Waals surface area contributed by atoms with Crippen molar-refractivity contribution < 1.29 is 14.3 Å². The van der Waals surface area contributed by atoms with E-state index in [1.165, 1.54) is 0 Å². The number of esters is 1. The van der Waals surface area contributed by atoms with Gasteiger partial charge in [-0.15, -0.1) is 0 Å². The fourth-order valence-corrected chi connectivity index (χ4v) is 2.33. The summed E-state index contributed by atoms with van der Waals surface area (Å²) in [6.07, 6.45) is 1.19. The number of fused-ring (bicyclic) bond motifs is 1. The van der Waals surface area contributed by atoms with Crippen LogP contribution < -0.4 is 4.74 Å². The summed E-state index contributed by atoms with van der Waals surface area (Å²) in [5.74, 6) is 0.494. The minimum Gasteiger partial charge on any atom is -0.475 e. The first-order valence-electron chi connectivity index (χ1n) is 4.84. The second-order valence-electron chi connectivity index (χ2n) is 3.91. The minimum atomic E-state index is -0.771. The Morgan fingerprint density at radius 3 is 3.00 bits per heavy atom. The third-order valence-corrected chi connectivity index (χ3v) is 3.15. The Morgan fingerprint density at radius 2 is 2.27 bits per heavy atom. The highest BCUT2D eigenvalue weighted by Gasteiger charge is 2.51. The average molecular weight is 225 g/mol. The lowest BCUT2D eigenvalue weighted by Gasteiger charge is -2.17. The van der Waals surface area contributed by atoms with Gasteiger partial charge >= 0.3 is 5.97 Å². The molecular weight excluding hydrogens is 216 g/mol. The smallest absolute Gasteiger partial charge is 0.350 e. The second-order valence-corrected chi connectivity index (χ2v) is 4.35. The van der Waals surface area contributed by atoms with E-state index in [0.717, 1.165) is 11.3 Å². The summed E-state index contributed by atoms with van der Waals surface area (Å²) >= 11 is 5.88. The Labute approximate surface area is 91.9 Å². The number of halogens is 1. The maximum Gasteiger partial charge on any atom is 0.350 e. The molecule has 0 aromatic heterocycles. The van der Waals surface area contributed by atoms with Crippen molar-refractivity contribution in [2.45, 2.75) is 18.4 Å². The molecule has 1 unspecified atom stereocenters. The topological polar surface area (TPSA) is 35.5 Å². The second kappa shape index (κ2) is 2.89. The number of hydrogen-bond donors (Lipinski definition) is 0. The molecule has 1 saturated heterocycles. The van der Waals surface area contributed by atoms with E-state index < -0.39 is 5.60 Å². The van der Waals surface area contributed by atoms with E-state index in [1.807, 2.05) is 6.07 Å². The Kier molecular flexibility index (Phi) is 1.74. The summed E-state index contributed by atoms with van der Waals surface area (Å²) in [6.45, 7) is 0.445. The number of ether oxygens (including phenoxy) is 2. The van der Waals surface area contributed by atoms with Crippen molar-refractivity contribution in [2.24, 2.45) is 0 Å². The van der Waals surface area contributed by atoms with E-state index >= 15 is 0 Å². The van der Waals surface area contributed by atoms with Crippen molar-refractivity contribution in [1.82, 2.24) is 0 Å². The van der Waals surface area contributed by atoms with Gasteiger partial charge in [-0.05, 0) is 18.2 Å². The average Bonchev–Trinajstić information content (AvgIpc) is 2.71. The first-order chi connectivity index (χ1) is 7.20. The van der Waals surface area contributed by atoms with Gasteiger partial charge in [0.05, 0.1) is 6.61 Å². The number of carbonyl (C=O) groups is 1. The molecule has 0 bridgehead atoms. The van der Waals surface area contributed by atoms with E-state index in [9.17, 15) is 4.79 Å². The van der Waals surface area contributed by atoms with Gasteiger partial charge in [-0.3, -0.25) is 0 Å². The minimum absolute atomic E-state index is 0.255. The zero-order valence-electron chi connectivity index (χ0n) is 7.96. The standard InChI is InChI=1S/C11H9ClO3/c12-8-1-2-9-7(5-8)6-11(15-9)3-4-14-10(11)13/h1-2,5H,3-4,6H2. The molecule has 0 radical (unpaired) electrons. The molecule has 15 heavy (non-hydrogen) atoms. The van der Waals surface area contributed by atoms with Crippen molar-refractivity contribution >= 4 is 17.6 Å². The highest BCUT2D eigenvalue weighted by atomic mass is 35.5. The summed E-state index contributed by atoms with van der Waals surface area (Å²) in [7, 11) is 0. The summed E-state index contributed by atoms with van der Waals surface area (Å²) in [5.41, 5.74) is 0.217. The van der Waals surface area contributed by atoms with Crippen molar-refractivity contribution in [3.63, 3.8) is 0 Å². The van der Waals surface area contributed by atoms with Gasteiger partial charge < -0.3 is 9.47 Å². The van der Waals surface area contributed by atoms with Gasteiger partial charge in [-0.1, -0.05) is 11.6 Å². The molecular formula is C11H9ClO3. The quantitative estimate of drug-likeness (QED) is 0.632.